The van der Waals surface area contributed by atoms with E-state index in [-0.39, 0.29) is 45.4 Å². The highest BCUT2D eigenvalue weighted by Crippen LogP contribution is 2.46. The number of Topliss-reactive ketones (excluding diaryl/α,β-unsaturated/α-hetero) is 1. The molecule has 0 fully saturated rings. The average molecular weight is 440 g/mol. The number of fused-ring (bicyclic) bond motifs is 1. The number of halogens is 2. The molecular weight excluding hydrogens is 425 g/mol. The zero-order valence-electron chi connectivity index (χ0n) is 15.9. The van der Waals surface area contributed by atoms with E-state index < -0.39 is 23.5 Å². The van der Waals surface area contributed by atoms with E-state index in [0.29, 0.717) is 5.56 Å². The van der Waals surface area contributed by atoms with Crippen LogP contribution in [0.3, 0.4) is 0 Å². The topological polar surface area (TPSA) is 96.7 Å². The molecule has 0 saturated carbocycles. The van der Waals surface area contributed by atoms with Crippen LogP contribution in [0.15, 0.2) is 60.6 Å². The average Bonchev–Trinajstić information content (AvgIpc) is 3.05. The molecule has 1 aliphatic heterocycles. The first-order valence-corrected chi connectivity index (χ1v) is 9.60. The number of aromatic hydroxyl groups is 1. The van der Waals surface area contributed by atoms with Crippen LogP contribution in [0.1, 0.15) is 39.4 Å². The van der Waals surface area contributed by atoms with Gasteiger partial charge in [0.05, 0.1) is 17.0 Å². The van der Waals surface area contributed by atoms with Gasteiger partial charge in [-0.25, -0.2) is 4.39 Å². The van der Waals surface area contributed by atoms with Crippen LogP contribution < -0.4 is 4.74 Å². The van der Waals surface area contributed by atoms with Gasteiger partial charge in [-0.3, -0.25) is 14.6 Å². The van der Waals surface area contributed by atoms with Gasteiger partial charge < -0.3 is 14.9 Å². The Bertz CT molecular complexity index is 1210. The van der Waals surface area contributed by atoms with Crippen molar-refractivity contribution >= 4 is 29.4 Å². The Hall–Kier alpha value is -3.71. The number of hydrogen-bond acceptors (Lipinski definition) is 5. The molecular formula is C23H15ClFNO5. The summed E-state index contributed by atoms with van der Waals surface area (Å²) in [6, 6.07) is 10.1. The van der Waals surface area contributed by atoms with Crippen molar-refractivity contribution in [3.63, 3.8) is 0 Å². The maximum atomic E-state index is 14.2. The number of carboxylic acid groups (broad SMARTS) is 1. The van der Waals surface area contributed by atoms with Crippen LogP contribution in [0.4, 0.5) is 4.39 Å². The van der Waals surface area contributed by atoms with E-state index >= 15 is 0 Å². The molecule has 156 valence electrons. The van der Waals surface area contributed by atoms with Crippen LogP contribution in [0.2, 0.25) is 5.02 Å². The van der Waals surface area contributed by atoms with Gasteiger partial charge in [-0.15, -0.1) is 0 Å². The van der Waals surface area contributed by atoms with Crippen molar-refractivity contribution in [2.45, 2.75) is 12.3 Å². The van der Waals surface area contributed by atoms with Gasteiger partial charge in [0, 0.05) is 29.4 Å². The van der Waals surface area contributed by atoms with Crippen LogP contribution in [-0.2, 0) is 4.79 Å². The van der Waals surface area contributed by atoms with Crippen molar-refractivity contribution in [2.75, 3.05) is 0 Å². The number of carbonyl (C=O) groups is 2. The van der Waals surface area contributed by atoms with Crippen molar-refractivity contribution in [3.05, 3.63) is 93.7 Å². The number of allylic oxidation sites excluding steroid dienone is 1. The third kappa shape index (κ3) is 3.87. The molecule has 2 aromatic carbocycles. The minimum absolute atomic E-state index is 0.0135. The Morgan fingerprint density at radius 2 is 2.03 bits per heavy atom. The van der Waals surface area contributed by atoms with Gasteiger partial charge in [0.15, 0.2) is 5.76 Å². The van der Waals surface area contributed by atoms with Gasteiger partial charge in [-0.2, -0.15) is 0 Å². The van der Waals surface area contributed by atoms with E-state index in [4.69, 9.17) is 16.3 Å². The number of ketones is 1. The molecule has 2 heterocycles. The summed E-state index contributed by atoms with van der Waals surface area (Å²) in [5, 5.41) is 20.1. The molecule has 0 radical (unpaired) electrons. The molecule has 0 amide bonds. The zero-order valence-corrected chi connectivity index (χ0v) is 16.6. The minimum Gasteiger partial charge on any atom is -0.508 e. The second kappa shape index (κ2) is 8.20. The first-order chi connectivity index (χ1) is 14.9. The first-order valence-electron chi connectivity index (χ1n) is 9.22. The van der Waals surface area contributed by atoms with E-state index in [1.165, 1.54) is 48.8 Å². The van der Waals surface area contributed by atoms with Crippen molar-refractivity contribution in [3.8, 4) is 11.5 Å². The van der Waals surface area contributed by atoms with Gasteiger partial charge in [0.25, 0.3) is 0 Å². The number of rotatable bonds is 5. The number of carbonyl (C=O) groups excluding carboxylic acids is 1. The Balaban J connectivity index is 1.85. The Kier molecular flexibility index (Phi) is 5.44. The molecule has 1 atom stereocenters. The van der Waals surface area contributed by atoms with E-state index in [1.807, 2.05) is 0 Å². The van der Waals surface area contributed by atoms with Crippen molar-refractivity contribution < 1.29 is 28.9 Å². The van der Waals surface area contributed by atoms with Gasteiger partial charge >= 0.3 is 5.97 Å². The lowest BCUT2D eigenvalue weighted by Gasteiger charge is -2.19. The summed E-state index contributed by atoms with van der Waals surface area (Å²) in [5.41, 5.74) is 0.787. The molecule has 31 heavy (non-hydrogen) atoms. The molecule has 1 aromatic heterocycles. The maximum absolute atomic E-state index is 14.2. The standard InChI is InChI=1S/C23H15ClFNO5/c24-16-4-1-5-17(25)15(16)9-19-22(30)13-6-7-18(27)21(23(13)31-19)14(10-20(28)29)12-3-2-8-26-11-12/h1-9,11,14,27H,10H2,(H,28,29)/b19-9-. The predicted octanol–water partition coefficient (Wildman–Crippen LogP) is 4.80. The molecule has 1 aliphatic rings. The number of hydrogen-bond donors (Lipinski definition) is 2. The summed E-state index contributed by atoms with van der Waals surface area (Å²) >= 11 is 6.05. The van der Waals surface area contributed by atoms with E-state index in [1.54, 1.807) is 12.1 Å². The molecule has 3 aromatic rings. The van der Waals surface area contributed by atoms with Gasteiger partial charge in [-0.05, 0) is 42.0 Å². The SMILES string of the molecule is O=C(O)CC(c1cccnc1)c1c(O)ccc2c1O/C(=C\c1c(F)cccc1Cl)C2=O. The fourth-order valence-corrected chi connectivity index (χ4v) is 3.74. The fourth-order valence-electron chi connectivity index (χ4n) is 3.52. The van der Waals surface area contributed by atoms with E-state index in [2.05, 4.69) is 4.98 Å². The summed E-state index contributed by atoms with van der Waals surface area (Å²) in [5.74, 6) is -3.49. The normalized spacial score (nSPS) is 14.9. The van der Waals surface area contributed by atoms with Crippen LogP contribution in [0.5, 0.6) is 11.5 Å². The Morgan fingerprint density at radius 1 is 1.23 bits per heavy atom. The molecule has 6 nitrogen and oxygen atoms in total. The molecule has 0 aliphatic carbocycles. The summed E-state index contributed by atoms with van der Waals surface area (Å²) in [7, 11) is 0. The van der Waals surface area contributed by atoms with Crippen molar-refractivity contribution in [1.29, 1.82) is 0 Å². The zero-order chi connectivity index (χ0) is 22.1. The van der Waals surface area contributed by atoms with Crippen molar-refractivity contribution in [2.24, 2.45) is 0 Å². The van der Waals surface area contributed by atoms with Crippen LogP contribution >= 0.6 is 11.6 Å². The van der Waals surface area contributed by atoms with Gasteiger partial charge in [0.2, 0.25) is 5.78 Å². The number of carboxylic acids is 1. The number of ether oxygens (including phenoxy) is 1. The Labute approximate surface area is 181 Å². The number of nitrogens with zero attached hydrogens (tertiary/aromatic N) is 1. The number of pyridine rings is 1. The highest BCUT2D eigenvalue weighted by molar-refractivity contribution is 6.32. The van der Waals surface area contributed by atoms with Crippen LogP contribution in [0.25, 0.3) is 6.08 Å². The molecule has 8 heteroatoms. The van der Waals surface area contributed by atoms with E-state index in [9.17, 15) is 24.2 Å². The highest BCUT2D eigenvalue weighted by atomic mass is 35.5. The van der Waals surface area contributed by atoms with Crippen molar-refractivity contribution in [1.82, 2.24) is 4.98 Å². The number of aromatic nitrogens is 1. The molecule has 4 rings (SSSR count). The van der Waals surface area contributed by atoms with Crippen LogP contribution in [-0.4, -0.2) is 26.9 Å². The lowest BCUT2D eigenvalue weighted by Crippen LogP contribution is -2.10. The molecule has 0 spiro atoms. The lowest BCUT2D eigenvalue weighted by atomic mass is 9.87. The second-order valence-corrected chi connectivity index (χ2v) is 7.29. The predicted molar refractivity (Wildman–Crippen MR) is 111 cm³/mol. The number of aliphatic carboxylic acids is 1. The smallest absolute Gasteiger partial charge is 0.304 e. The Morgan fingerprint density at radius 3 is 2.71 bits per heavy atom. The van der Waals surface area contributed by atoms with E-state index in [0.717, 1.165) is 0 Å². The number of phenols is 1. The molecule has 0 saturated heterocycles. The van der Waals surface area contributed by atoms with Crippen LogP contribution in [0, 0.1) is 5.82 Å². The largest absolute Gasteiger partial charge is 0.508 e. The summed E-state index contributed by atoms with van der Waals surface area (Å²) in [6.45, 7) is 0. The third-order valence-corrected chi connectivity index (χ3v) is 5.27. The molecule has 0 bridgehead atoms. The minimum atomic E-state index is -1.11. The molecule has 2 N–H and O–H groups in total. The van der Waals surface area contributed by atoms with Gasteiger partial charge in [0.1, 0.15) is 17.3 Å². The third-order valence-electron chi connectivity index (χ3n) is 4.94. The summed E-state index contributed by atoms with van der Waals surface area (Å²) in [4.78, 5) is 28.5. The number of benzene rings is 2. The second-order valence-electron chi connectivity index (χ2n) is 6.89. The monoisotopic (exact) mass is 439 g/mol. The molecule has 1 unspecified atom stereocenters. The quantitative estimate of drug-likeness (QED) is 0.554. The number of phenolic OH excluding ortho intramolecular Hbond substituents is 1. The lowest BCUT2D eigenvalue weighted by molar-refractivity contribution is -0.137. The first kappa shape index (κ1) is 20.6. The highest BCUT2D eigenvalue weighted by Gasteiger charge is 2.35. The summed E-state index contributed by atoms with van der Waals surface area (Å²) in [6.07, 6.45) is 3.84. The van der Waals surface area contributed by atoms with Gasteiger partial charge in [-0.1, -0.05) is 23.7 Å². The maximum Gasteiger partial charge on any atom is 0.304 e. The fraction of sp³-hybridized carbons (Fsp3) is 0.0870. The summed E-state index contributed by atoms with van der Waals surface area (Å²) < 4.78 is 19.9.